The average molecular weight is 1180 g/mol. The Hall–Kier alpha value is -9.99. The molecule has 3 aliphatic heterocycles. The lowest BCUT2D eigenvalue weighted by atomic mass is 9.97. The maximum absolute atomic E-state index is 15.2. The molecule has 3 atom stereocenters. The summed E-state index contributed by atoms with van der Waals surface area (Å²) in [5.41, 5.74) is 1.83. The highest BCUT2D eigenvalue weighted by molar-refractivity contribution is 6.11. The standard InChI is InChI=1S/C63H53F6N15O3/c1-36(75-53-23-40(46-19-37(28-71)10-13-43(46)57-78-73-34-80(57)2)24-54(76-53)83-31-49-45(59(83)85)7-6-8-51(49)62(64,65)66)9-12-42-27-61(42)15-17-82(33-61)30-39-21-48-50(52(22-39)63(67,68)69)32-84(60(48)86)55-25-41(26-56(77-55)87-18-5-4-16-70)47-20-38(29-72)11-14-44(47)58-79-74-35-81(58)3/h6-8,10-11,13-14,19-26,34-36,42H,4-5,9,12,15,17-18,27,30-33H2,1-3H3,(H,75,76). The van der Waals surface area contributed by atoms with Gasteiger partial charge in [-0.25, -0.2) is 4.98 Å². The van der Waals surface area contributed by atoms with E-state index in [1.54, 1.807) is 90.0 Å². The minimum Gasteiger partial charge on any atom is -0.478 e. The molecule has 440 valence electrons. The van der Waals surface area contributed by atoms with E-state index in [2.05, 4.69) is 53.8 Å². The number of halogens is 6. The maximum Gasteiger partial charge on any atom is 0.416 e. The smallest absolute Gasteiger partial charge is 0.416 e. The highest BCUT2D eigenvalue weighted by atomic mass is 19.4. The van der Waals surface area contributed by atoms with Gasteiger partial charge in [-0.15, -0.1) is 20.4 Å². The number of carbonyl (C=O) groups excluding carboxylic acids is 2. The molecule has 87 heavy (non-hydrogen) atoms. The predicted molar refractivity (Wildman–Crippen MR) is 306 cm³/mol. The monoisotopic (exact) mass is 1180 g/mol. The fourth-order valence-corrected chi connectivity index (χ4v) is 12.5. The van der Waals surface area contributed by atoms with Crippen molar-refractivity contribution in [1.29, 1.82) is 15.8 Å². The molecule has 1 saturated carbocycles. The third-order valence-corrected chi connectivity index (χ3v) is 16.9. The largest absolute Gasteiger partial charge is 0.478 e. The van der Waals surface area contributed by atoms with Crippen molar-refractivity contribution in [2.45, 2.75) is 83.5 Å². The Morgan fingerprint density at radius 2 is 1.32 bits per heavy atom. The summed E-state index contributed by atoms with van der Waals surface area (Å²) >= 11 is 0. The molecule has 4 aromatic carbocycles. The van der Waals surface area contributed by atoms with Crippen LogP contribution in [0.1, 0.15) is 105 Å². The van der Waals surface area contributed by atoms with Gasteiger partial charge in [0.15, 0.2) is 11.6 Å². The van der Waals surface area contributed by atoms with Gasteiger partial charge in [0, 0.05) is 68.0 Å². The van der Waals surface area contributed by atoms with Crippen LogP contribution < -0.4 is 19.9 Å². The zero-order chi connectivity index (χ0) is 61.1. The number of carbonyl (C=O) groups is 2. The summed E-state index contributed by atoms with van der Waals surface area (Å²) < 4.78 is 97.8. The van der Waals surface area contributed by atoms with Crippen molar-refractivity contribution < 1.29 is 40.7 Å². The summed E-state index contributed by atoms with van der Waals surface area (Å²) in [4.78, 5) is 42.5. The lowest BCUT2D eigenvalue weighted by Crippen LogP contribution is -2.25. The van der Waals surface area contributed by atoms with Crippen molar-refractivity contribution in [1.82, 2.24) is 44.4 Å². The number of likely N-dealkylation sites (tertiary alicyclic amines) is 1. The van der Waals surface area contributed by atoms with E-state index < -0.39 is 41.8 Å². The van der Waals surface area contributed by atoms with Gasteiger partial charge in [-0.2, -0.15) is 47.1 Å². The number of fused-ring (bicyclic) bond motifs is 2. The van der Waals surface area contributed by atoms with E-state index in [1.807, 2.05) is 6.92 Å². The number of anilines is 3. The minimum absolute atomic E-state index is 0.0245. The van der Waals surface area contributed by atoms with Crippen LogP contribution in [0.25, 0.3) is 45.0 Å². The number of benzene rings is 4. The van der Waals surface area contributed by atoms with E-state index in [0.717, 1.165) is 31.4 Å². The number of ether oxygens (including phenoxy) is 1. The first kappa shape index (κ1) is 57.4. The van der Waals surface area contributed by atoms with Crippen molar-refractivity contribution in [2.75, 3.05) is 34.8 Å². The zero-order valence-electron chi connectivity index (χ0n) is 47.2. The number of alkyl halides is 6. The molecule has 18 nitrogen and oxygen atoms in total. The van der Waals surface area contributed by atoms with Crippen molar-refractivity contribution >= 4 is 29.3 Å². The second kappa shape index (κ2) is 22.5. The Kier molecular flexibility index (Phi) is 14.8. The summed E-state index contributed by atoms with van der Waals surface area (Å²) in [6.07, 6.45) is -2.69. The van der Waals surface area contributed by atoms with Crippen molar-refractivity contribution in [3.63, 3.8) is 0 Å². The molecule has 1 N–H and O–H groups in total. The number of nitriles is 3. The van der Waals surface area contributed by atoms with E-state index >= 15 is 13.2 Å². The number of nitrogens with zero attached hydrogens (tertiary/aromatic N) is 14. The molecule has 24 heteroatoms. The number of hydrogen-bond donors (Lipinski definition) is 1. The van der Waals surface area contributed by atoms with Crippen LogP contribution in [0.2, 0.25) is 0 Å². The molecular weight excluding hydrogens is 1130 g/mol. The Balaban J connectivity index is 0.762. The summed E-state index contributed by atoms with van der Waals surface area (Å²) in [5.74, 6) is 0.465. The van der Waals surface area contributed by atoms with Gasteiger partial charge in [0.05, 0.1) is 60.2 Å². The minimum atomic E-state index is -4.80. The topological polar surface area (TPSA) is 224 Å². The van der Waals surface area contributed by atoms with E-state index in [0.29, 0.717) is 99.4 Å². The van der Waals surface area contributed by atoms with E-state index in [1.165, 1.54) is 34.6 Å². The normalized spacial score (nSPS) is 17.5. The van der Waals surface area contributed by atoms with Crippen LogP contribution in [0.3, 0.4) is 0 Å². The highest BCUT2D eigenvalue weighted by Crippen LogP contribution is 2.61. The molecule has 7 heterocycles. The first-order chi connectivity index (χ1) is 41.7. The molecule has 2 amide bonds. The van der Waals surface area contributed by atoms with Crippen LogP contribution in [0.5, 0.6) is 5.88 Å². The van der Waals surface area contributed by atoms with Crippen LogP contribution in [-0.4, -0.2) is 81.9 Å². The lowest BCUT2D eigenvalue weighted by molar-refractivity contribution is -0.139. The Morgan fingerprint density at radius 1 is 0.713 bits per heavy atom. The van der Waals surface area contributed by atoms with E-state index in [-0.39, 0.29) is 77.3 Å². The molecule has 0 radical (unpaired) electrons. The van der Waals surface area contributed by atoms with Crippen LogP contribution in [-0.2, 0) is 46.1 Å². The van der Waals surface area contributed by atoms with Crippen molar-refractivity contribution in [3.8, 4) is 69.1 Å². The number of amides is 2. The number of unbranched alkanes of at least 4 members (excludes halogenated alkanes) is 1. The summed E-state index contributed by atoms with van der Waals surface area (Å²) in [5, 5.41) is 49.1. The summed E-state index contributed by atoms with van der Waals surface area (Å²) in [7, 11) is 3.52. The molecule has 1 saturated heterocycles. The lowest BCUT2D eigenvalue weighted by Gasteiger charge is -2.21. The van der Waals surface area contributed by atoms with Crippen LogP contribution in [0, 0.1) is 45.3 Å². The second-order valence-corrected chi connectivity index (χ2v) is 22.7. The quantitative estimate of drug-likeness (QED) is 0.0661. The average Bonchev–Trinajstić information content (AvgIpc) is 1.79. The molecule has 4 aromatic heterocycles. The number of aryl methyl sites for hydroxylation is 2. The number of hydrogen-bond acceptors (Lipinski definition) is 14. The van der Waals surface area contributed by atoms with Gasteiger partial charge < -0.3 is 19.2 Å². The van der Waals surface area contributed by atoms with Crippen LogP contribution >= 0.6 is 0 Å². The van der Waals surface area contributed by atoms with Gasteiger partial charge in [-0.3, -0.25) is 24.3 Å². The number of pyridine rings is 2. The van der Waals surface area contributed by atoms with E-state index in [4.69, 9.17) is 15.0 Å². The molecule has 12 rings (SSSR count). The molecule has 1 spiro atoms. The number of rotatable bonds is 17. The van der Waals surface area contributed by atoms with Crippen molar-refractivity contribution in [2.24, 2.45) is 25.4 Å². The predicted octanol–water partition coefficient (Wildman–Crippen LogP) is 11.7. The van der Waals surface area contributed by atoms with Gasteiger partial charge in [-0.05, 0) is 175 Å². The molecule has 1 aliphatic carbocycles. The van der Waals surface area contributed by atoms with Crippen LogP contribution in [0.15, 0.2) is 104 Å². The summed E-state index contributed by atoms with van der Waals surface area (Å²) in [6.45, 7) is 2.72. The van der Waals surface area contributed by atoms with E-state index in [9.17, 15) is 33.3 Å². The van der Waals surface area contributed by atoms with Gasteiger partial charge >= 0.3 is 12.4 Å². The third-order valence-electron chi connectivity index (χ3n) is 16.9. The SMILES string of the molecule is CC(CCC1CC12CCN(Cc1cc3c(c(C(F)(F)F)c1)CN(c1cc(-c4cc(C#N)ccc4-c4nncn4C)cc(OCCCC#N)n1)C3=O)C2)Nc1cc(-c2cc(C#N)ccc2-c2nncn2C)cc(N2Cc3c(cccc3C(F)(F)F)C2=O)n1. The Bertz CT molecular complexity index is 4210. The third kappa shape index (κ3) is 11.2. The molecular formula is C63H53F6N15O3. The zero-order valence-corrected chi connectivity index (χ0v) is 47.2. The Morgan fingerprint density at radius 3 is 1.92 bits per heavy atom. The van der Waals surface area contributed by atoms with Gasteiger partial charge in [0.2, 0.25) is 5.88 Å². The molecule has 8 aromatic rings. The first-order valence-corrected chi connectivity index (χ1v) is 28.1. The maximum atomic E-state index is 15.2. The Labute approximate surface area is 494 Å². The first-order valence-electron chi connectivity index (χ1n) is 28.1. The van der Waals surface area contributed by atoms with Gasteiger partial charge in [-0.1, -0.05) is 6.07 Å². The summed E-state index contributed by atoms with van der Waals surface area (Å²) in [6, 6.07) is 29.0. The number of nitrogens with one attached hydrogen (secondary N) is 1. The molecule has 4 aliphatic rings. The van der Waals surface area contributed by atoms with Crippen LogP contribution in [0.4, 0.5) is 43.8 Å². The molecule has 3 unspecified atom stereocenters. The highest BCUT2D eigenvalue weighted by Gasteiger charge is 2.56. The van der Waals surface area contributed by atoms with Crippen molar-refractivity contribution in [3.05, 3.63) is 154 Å². The van der Waals surface area contributed by atoms with Gasteiger partial charge in [0.1, 0.15) is 30.1 Å². The van der Waals surface area contributed by atoms with Gasteiger partial charge in [0.25, 0.3) is 11.8 Å². The molecule has 0 bridgehead atoms. The fraction of sp³-hybridized carbons (Fsp3) is 0.317. The molecule has 2 fully saturated rings. The number of aromatic nitrogens is 8. The second-order valence-electron chi connectivity index (χ2n) is 22.7. The fourth-order valence-electron chi connectivity index (χ4n) is 12.5.